The Hall–Kier alpha value is -0.990. The molecule has 1 aromatic rings. The van der Waals surface area contributed by atoms with Crippen molar-refractivity contribution >= 4 is 18.2 Å². The molecule has 2 N–H and O–H groups in total. The maximum absolute atomic E-state index is 6.09. The first-order valence-electron chi connectivity index (χ1n) is 5.65. The molecule has 0 heterocycles. The van der Waals surface area contributed by atoms with Crippen LogP contribution < -0.4 is 5.73 Å². The minimum Gasteiger partial charge on any atom is -0.324 e. The van der Waals surface area contributed by atoms with Crippen LogP contribution in [0, 0.1) is 0 Å². The molecule has 1 atom stereocenters. The Morgan fingerprint density at radius 2 is 2.25 bits per heavy atom. The number of hydrogen-bond acceptors (Lipinski definition) is 2. The molecule has 16 heavy (non-hydrogen) atoms. The summed E-state index contributed by atoms with van der Waals surface area (Å²) in [5.41, 5.74) is 9.86. The molecule has 0 fully saturated rings. The van der Waals surface area contributed by atoms with Crippen molar-refractivity contribution in [3.05, 3.63) is 53.6 Å². The summed E-state index contributed by atoms with van der Waals surface area (Å²) in [5.74, 6) is 0.827. The van der Waals surface area contributed by atoms with Crippen LogP contribution in [0.1, 0.15) is 30.0 Å². The zero-order valence-electron chi connectivity index (χ0n) is 9.26. The van der Waals surface area contributed by atoms with Crippen molar-refractivity contribution in [2.75, 3.05) is 5.75 Å². The molecule has 0 amide bonds. The largest absolute Gasteiger partial charge is 0.324 e. The van der Waals surface area contributed by atoms with Gasteiger partial charge in [-0.3, -0.25) is 0 Å². The minimum absolute atomic E-state index is 0.100. The minimum atomic E-state index is 0.100. The number of hydrogen-bond donors (Lipinski definition) is 2. The molecule has 0 radical (unpaired) electrons. The highest BCUT2D eigenvalue weighted by atomic mass is 32.1. The van der Waals surface area contributed by atoms with E-state index in [0.29, 0.717) is 0 Å². The van der Waals surface area contributed by atoms with Crippen LogP contribution in [-0.2, 0) is 0 Å². The normalized spacial score (nSPS) is 16.2. The fraction of sp³-hybridized carbons (Fsp3) is 0.286. The van der Waals surface area contributed by atoms with Crippen LogP contribution in [0.3, 0.4) is 0 Å². The summed E-state index contributed by atoms with van der Waals surface area (Å²) in [7, 11) is 0. The topological polar surface area (TPSA) is 26.0 Å². The highest BCUT2D eigenvalue weighted by Gasteiger charge is 2.07. The third-order valence-electron chi connectivity index (χ3n) is 2.86. The third kappa shape index (κ3) is 2.57. The number of benzene rings is 1. The van der Waals surface area contributed by atoms with Crippen LogP contribution in [0.15, 0.2) is 42.5 Å². The quantitative estimate of drug-likeness (QED) is 0.764. The summed E-state index contributed by atoms with van der Waals surface area (Å²) in [6.45, 7) is 0. The molecule has 0 saturated carbocycles. The fourth-order valence-electron chi connectivity index (χ4n) is 1.93. The van der Waals surface area contributed by atoms with Crippen molar-refractivity contribution in [1.29, 1.82) is 0 Å². The fourth-order valence-corrected chi connectivity index (χ4v) is 2.20. The Kier molecular flexibility index (Phi) is 3.86. The van der Waals surface area contributed by atoms with Gasteiger partial charge in [-0.15, -0.1) is 0 Å². The molecule has 1 aromatic carbocycles. The van der Waals surface area contributed by atoms with Gasteiger partial charge in [0.25, 0.3) is 0 Å². The predicted octanol–water partition coefficient (Wildman–Crippen LogP) is 3.35. The molecule has 1 aliphatic rings. The molecule has 84 valence electrons. The van der Waals surface area contributed by atoms with Gasteiger partial charge in [0.05, 0.1) is 0 Å². The summed E-state index contributed by atoms with van der Waals surface area (Å²) in [4.78, 5) is 0. The van der Waals surface area contributed by atoms with Crippen LogP contribution in [0.25, 0.3) is 5.57 Å². The standard InChI is InChI=1S/C14H17NS/c15-14(8-9-16)13-7-3-6-12(10-13)11-4-1-2-5-11/h1,3-7,10,14,16H,2,8-9,15H2. The smallest absolute Gasteiger partial charge is 0.0302 e. The first-order chi connectivity index (χ1) is 7.81. The van der Waals surface area contributed by atoms with Gasteiger partial charge in [-0.05, 0) is 41.4 Å². The van der Waals surface area contributed by atoms with E-state index in [2.05, 4.69) is 55.1 Å². The molecule has 0 aromatic heterocycles. The Morgan fingerprint density at radius 3 is 2.94 bits per heavy atom. The summed E-state index contributed by atoms with van der Waals surface area (Å²) in [5, 5.41) is 0. The van der Waals surface area contributed by atoms with Crippen LogP contribution in [-0.4, -0.2) is 5.75 Å². The monoisotopic (exact) mass is 231 g/mol. The number of nitrogens with two attached hydrogens (primary N) is 1. The van der Waals surface area contributed by atoms with Gasteiger partial charge in [-0.1, -0.05) is 36.4 Å². The van der Waals surface area contributed by atoms with E-state index in [9.17, 15) is 0 Å². The van der Waals surface area contributed by atoms with Crippen molar-refractivity contribution in [1.82, 2.24) is 0 Å². The lowest BCUT2D eigenvalue weighted by Gasteiger charge is -2.12. The zero-order chi connectivity index (χ0) is 11.4. The Morgan fingerprint density at radius 1 is 1.38 bits per heavy atom. The van der Waals surface area contributed by atoms with E-state index in [-0.39, 0.29) is 6.04 Å². The number of rotatable bonds is 4. The molecule has 0 spiro atoms. The second-order valence-corrected chi connectivity index (χ2v) is 4.49. The van der Waals surface area contributed by atoms with E-state index >= 15 is 0 Å². The highest BCUT2D eigenvalue weighted by Crippen LogP contribution is 2.24. The van der Waals surface area contributed by atoms with Gasteiger partial charge < -0.3 is 5.73 Å². The van der Waals surface area contributed by atoms with E-state index in [1.165, 1.54) is 16.7 Å². The van der Waals surface area contributed by atoms with Crippen molar-refractivity contribution in [2.45, 2.75) is 18.9 Å². The first kappa shape index (κ1) is 11.5. The average molecular weight is 231 g/mol. The van der Waals surface area contributed by atoms with E-state index in [1.54, 1.807) is 0 Å². The van der Waals surface area contributed by atoms with Gasteiger partial charge in [0.15, 0.2) is 0 Å². The van der Waals surface area contributed by atoms with Crippen molar-refractivity contribution in [2.24, 2.45) is 5.73 Å². The van der Waals surface area contributed by atoms with Crippen LogP contribution in [0.5, 0.6) is 0 Å². The maximum atomic E-state index is 6.09. The molecule has 2 rings (SSSR count). The highest BCUT2D eigenvalue weighted by molar-refractivity contribution is 7.80. The summed E-state index contributed by atoms with van der Waals surface area (Å²) >= 11 is 4.22. The van der Waals surface area contributed by atoms with Crippen molar-refractivity contribution < 1.29 is 0 Å². The van der Waals surface area contributed by atoms with Gasteiger partial charge in [0.2, 0.25) is 0 Å². The molecule has 1 nitrogen and oxygen atoms in total. The van der Waals surface area contributed by atoms with E-state index in [1.807, 2.05) is 0 Å². The molecule has 0 bridgehead atoms. The van der Waals surface area contributed by atoms with E-state index < -0.39 is 0 Å². The molecule has 0 aliphatic heterocycles. The van der Waals surface area contributed by atoms with Crippen LogP contribution >= 0.6 is 12.6 Å². The van der Waals surface area contributed by atoms with Crippen molar-refractivity contribution in [3.63, 3.8) is 0 Å². The Labute approximate surface area is 102 Å². The molecule has 0 saturated heterocycles. The molecule has 1 unspecified atom stereocenters. The van der Waals surface area contributed by atoms with E-state index in [4.69, 9.17) is 5.73 Å². The Balaban J connectivity index is 2.22. The van der Waals surface area contributed by atoms with Gasteiger partial charge >= 0.3 is 0 Å². The lowest BCUT2D eigenvalue weighted by atomic mass is 9.99. The second-order valence-electron chi connectivity index (χ2n) is 4.04. The lowest BCUT2D eigenvalue weighted by Crippen LogP contribution is -2.10. The van der Waals surface area contributed by atoms with E-state index in [0.717, 1.165) is 18.6 Å². The van der Waals surface area contributed by atoms with Gasteiger partial charge in [-0.25, -0.2) is 0 Å². The van der Waals surface area contributed by atoms with Crippen molar-refractivity contribution in [3.8, 4) is 0 Å². The second kappa shape index (κ2) is 5.37. The first-order valence-corrected chi connectivity index (χ1v) is 6.28. The molecule has 1 aliphatic carbocycles. The average Bonchev–Trinajstić information content (AvgIpc) is 2.83. The SMILES string of the molecule is NC(CCS)c1cccc(C2=CCC=C2)c1. The van der Waals surface area contributed by atoms with Crippen LogP contribution in [0.4, 0.5) is 0 Å². The van der Waals surface area contributed by atoms with Gasteiger partial charge in [0.1, 0.15) is 0 Å². The van der Waals surface area contributed by atoms with Gasteiger partial charge in [-0.2, -0.15) is 12.6 Å². The number of allylic oxidation sites excluding steroid dienone is 4. The molecular formula is C14H17NS. The summed E-state index contributed by atoms with van der Waals surface area (Å²) in [6.07, 6.45) is 8.55. The summed E-state index contributed by atoms with van der Waals surface area (Å²) in [6, 6.07) is 8.60. The third-order valence-corrected chi connectivity index (χ3v) is 3.12. The maximum Gasteiger partial charge on any atom is 0.0302 e. The zero-order valence-corrected chi connectivity index (χ0v) is 10.2. The molecule has 2 heteroatoms. The van der Waals surface area contributed by atoms with Gasteiger partial charge in [0, 0.05) is 6.04 Å². The Bertz CT molecular complexity index is 420. The predicted molar refractivity (Wildman–Crippen MR) is 73.6 cm³/mol. The molecular weight excluding hydrogens is 214 g/mol. The lowest BCUT2D eigenvalue weighted by molar-refractivity contribution is 0.706. The number of thiol groups is 1. The summed E-state index contributed by atoms with van der Waals surface area (Å²) < 4.78 is 0. The van der Waals surface area contributed by atoms with Crippen LogP contribution in [0.2, 0.25) is 0 Å².